The number of rotatable bonds is 3. The van der Waals surface area contributed by atoms with E-state index in [1.165, 1.54) is 11.3 Å². The van der Waals surface area contributed by atoms with Gasteiger partial charge in [-0.15, -0.1) is 11.3 Å². The van der Waals surface area contributed by atoms with E-state index in [0.29, 0.717) is 44.6 Å². The number of halogens is 1. The summed E-state index contributed by atoms with van der Waals surface area (Å²) in [7, 11) is 0. The van der Waals surface area contributed by atoms with Gasteiger partial charge in [-0.3, -0.25) is 4.79 Å². The Morgan fingerprint density at radius 3 is 2.42 bits per heavy atom. The number of anilines is 2. The first kappa shape index (κ1) is 22.5. The van der Waals surface area contributed by atoms with E-state index in [1.54, 1.807) is 18.2 Å². The summed E-state index contributed by atoms with van der Waals surface area (Å²) in [4.78, 5) is 15.2. The SMILES string of the molecule is N#CC1=C(c2ccccc2)Nc2c(c(-c3cccs3)nn2-c2ccccc2)C12C(=O)Nc1ccc(Cl)cc12. The van der Waals surface area contributed by atoms with Gasteiger partial charge in [0, 0.05) is 21.8 Å². The minimum atomic E-state index is -1.47. The first-order chi connectivity index (χ1) is 18.6. The highest BCUT2D eigenvalue weighted by molar-refractivity contribution is 7.13. The summed E-state index contributed by atoms with van der Waals surface area (Å²) in [5, 5.41) is 24.8. The van der Waals surface area contributed by atoms with Gasteiger partial charge in [-0.2, -0.15) is 10.4 Å². The maximum atomic E-state index is 14.3. The lowest BCUT2D eigenvalue weighted by Crippen LogP contribution is -2.41. The van der Waals surface area contributed by atoms with E-state index in [1.807, 2.05) is 82.9 Å². The Morgan fingerprint density at radius 1 is 0.947 bits per heavy atom. The van der Waals surface area contributed by atoms with Crippen molar-refractivity contribution in [1.29, 1.82) is 5.26 Å². The number of carbonyl (C=O) groups is 1. The maximum Gasteiger partial charge on any atom is 0.245 e. The first-order valence-electron chi connectivity index (χ1n) is 11.9. The number of carbonyl (C=O) groups excluding carboxylic acids is 1. The summed E-state index contributed by atoms with van der Waals surface area (Å²) >= 11 is 8.04. The molecule has 1 spiro atoms. The Morgan fingerprint density at radius 2 is 1.71 bits per heavy atom. The van der Waals surface area contributed by atoms with Crippen LogP contribution in [0.3, 0.4) is 0 Å². The molecule has 3 aromatic carbocycles. The van der Waals surface area contributed by atoms with E-state index in [2.05, 4.69) is 16.7 Å². The number of nitrogens with zero attached hydrogens (tertiary/aromatic N) is 3. The average Bonchev–Trinajstić information content (AvgIpc) is 3.68. The largest absolute Gasteiger partial charge is 0.338 e. The third-order valence-electron chi connectivity index (χ3n) is 7.03. The monoisotopic (exact) mass is 531 g/mol. The Bertz CT molecular complexity index is 1800. The molecule has 8 heteroatoms. The molecule has 7 rings (SSSR count). The lowest BCUT2D eigenvalue weighted by Gasteiger charge is -2.35. The Labute approximate surface area is 227 Å². The van der Waals surface area contributed by atoms with Crippen molar-refractivity contribution in [2.45, 2.75) is 5.41 Å². The molecule has 2 N–H and O–H groups in total. The fourth-order valence-electron chi connectivity index (χ4n) is 5.46. The van der Waals surface area contributed by atoms with E-state index in [9.17, 15) is 10.1 Å². The number of hydrogen-bond acceptors (Lipinski definition) is 5. The van der Waals surface area contributed by atoms with Gasteiger partial charge in [0.05, 0.1) is 27.9 Å². The summed E-state index contributed by atoms with van der Waals surface area (Å²) in [6.07, 6.45) is 0. The third kappa shape index (κ3) is 3.05. The van der Waals surface area contributed by atoms with Crippen LogP contribution in [0.25, 0.3) is 22.0 Å². The van der Waals surface area contributed by atoms with Gasteiger partial charge in [0.1, 0.15) is 16.9 Å². The zero-order valence-electron chi connectivity index (χ0n) is 19.8. The maximum absolute atomic E-state index is 14.3. The number of benzene rings is 3. The van der Waals surface area contributed by atoms with Gasteiger partial charge in [-0.05, 0) is 47.3 Å². The van der Waals surface area contributed by atoms with Crippen LogP contribution in [0, 0.1) is 11.3 Å². The highest BCUT2D eigenvalue weighted by Crippen LogP contribution is 2.57. The van der Waals surface area contributed by atoms with Crippen LogP contribution in [0.5, 0.6) is 0 Å². The molecule has 4 heterocycles. The minimum Gasteiger partial charge on any atom is -0.338 e. The molecule has 2 aromatic heterocycles. The molecule has 0 saturated heterocycles. The Balaban J connectivity index is 1.67. The molecule has 2 aliphatic heterocycles. The summed E-state index contributed by atoms with van der Waals surface area (Å²) in [6.45, 7) is 0. The lowest BCUT2D eigenvalue weighted by molar-refractivity contribution is -0.118. The molecule has 38 heavy (non-hydrogen) atoms. The highest BCUT2D eigenvalue weighted by atomic mass is 35.5. The minimum absolute atomic E-state index is 0.292. The van der Waals surface area contributed by atoms with Gasteiger partial charge < -0.3 is 10.6 Å². The zero-order chi connectivity index (χ0) is 25.9. The molecule has 0 bridgehead atoms. The number of amides is 1. The topological polar surface area (TPSA) is 82.7 Å². The molecule has 0 saturated carbocycles. The highest BCUT2D eigenvalue weighted by Gasteiger charge is 2.58. The standard InChI is InChI=1S/C30H18ClN5OS/c31-19-13-14-23-21(16-19)30(29(37)33-23)22(17-32)26(18-8-3-1-4-9-18)34-28-25(30)27(24-12-7-15-38-24)35-36(28)20-10-5-2-6-11-20/h1-16,34H,(H,33,37). The predicted octanol–water partition coefficient (Wildman–Crippen LogP) is 6.85. The fourth-order valence-corrected chi connectivity index (χ4v) is 6.34. The van der Waals surface area contributed by atoms with Gasteiger partial charge in [0.2, 0.25) is 5.91 Å². The van der Waals surface area contributed by atoms with Crippen LogP contribution in [-0.2, 0) is 10.2 Å². The lowest BCUT2D eigenvalue weighted by atomic mass is 9.67. The fraction of sp³-hybridized carbons (Fsp3) is 0.0333. The normalized spacial score (nSPS) is 17.5. The van der Waals surface area contributed by atoms with Crippen molar-refractivity contribution in [3.63, 3.8) is 0 Å². The first-order valence-corrected chi connectivity index (χ1v) is 13.2. The second-order valence-electron chi connectivity index (χ2n) is 9.04. The number of hydrogen-bond donors (Lipinski definition) is 2. The van der Waals surface area contributed by atoms with Crippen molar-refractivity contribution in [1.82, 2.24) is 9.78 Å². The molecule has 1 unspecified atom stereocenters. The summed E-state index contributed by atoms with van der Waals surface area (Å²) in [5.41, 5.74) is 3.51. The van der Waals surface area contributed by atoms with E-state index in [4.69, 9.17) is 16.7 Å². The van der Waals surface area contributed by atoms with E-state index in [-0.39, 0.29) is 5.91 Å². The van der Waals surface area contributed by atoms with Gasteiger partial charge in [0.25, 0.3) is 0 Å². The van der Waals surface area contributed by atoms with E-state index >= 15 is 0 Å². The summed E-state index contributed by atoms with van der Waals surface area (Å²) in [6, 6.07) is 31.0. The predicted molar refractivity (Wildman–Crippen MR) is 150 cm³/mol. The molecule has 0 fully saturated rings. The number of fused-ring (bicyclic) bond motifs is 4. The number of para-hydroxylation sites is 1. The van der Waals surface area contributed by atoms with Crippen molar-refractivity contribution >= 4 is 46.0 Å². The van der Waals surface area contributed by atoms with Crippen LogP contribution in [0.15, 0.2) is 102 Å². The molecular weight excluding hydrogens is 514 g/mol. The van der Waals surface area contributed by atoms with Crippen molar-refractivity contribution in [2.75, 3.05) is 10.6 Å². The number of thiophene rings is 1. The molecule has 1 atom stereocenters. The molecular formula is C30H18ClN5OS. The second-order valence-corrected chi connectivity index (χ2v) is 10.4. The van der Waals surface area contributed by atoms with Gasteiger partial charge in [-0.1, -0.05) is 66.2 Å². The van der Waals surface area contributed by atoms with Crippen LogP contribution >= 0.6 is 22.9 Å². The summed E-state index contributed by atoms with van der Waals surface area (Å²) in [5.74, 6) is 0.313. The third-order valence-corrected chi connectivity index (χ3v) is 8.14. The van der Waals surface area contributed by atoms with Crippen LogP contribution < -0.4 is 10.6 Å². The smallest absolute Gasteiger partial charge is 0.245 e. The van der Waals surface area contributed by atoms with Gasteiger partial charge >= 0.3 is 0 Å². The Hall–Kier alpha value is -4.64. The molecule has 182 valence electrons. The number of nitrogens with one attached hydrogen (secondary N) is 2. The van der Waals surface area contributed by atoms with Crippen LogP contribution in [0.2, 0.25) is 5.02 Å². The van der Waals surface area contributed by atoms with E-state index in [0.717, 1.165) is 16.1 Å². The van der Waals surface area contributed by atoms with Crippen molar-refractivity contribution in [3.8, 4) is 22.3 Å². The second kappa shape index (κ2) is 8.45. The molecule has 1 amide bonds. The van der Waals surface area contributed by atoms with Gasteiger partial charge in [0.15, 0.2) is 0 Å². The van der Waals surface area contributed by atoms with Crippen LogP contribution in [-0.4, -0.2) is 15.7 Å². The zero-order valence-corrected chi connectivity index (χ0v) is 21.3. The molecule has 5 aromatic rings. The molecule has 6 nitrogen and oxygen atoms in total. The summed E-state index contributed by atoms with van der Waals surface area (Å²) < 4.78 is 1.82. The average molecular weight is 532 g/mol. The van der Waals surface area contributed by atoms with E-state index < -0.39 is 5.41 Å². The molecule has 0 radical (unpaired) electrons. The van der Waals surface area contributed by atoms with Crippen molar-refractivity contribution < 1.29 is 4.79 Å². The number of aromatic nitrogens is 2. The Kier molecular flexibility index (Phi) is 5.02. The van der Waals surface area contributed by atoms with Crippen LogP contribution in [0.1, 0.15) is 16.7 Å². The van der Waals surface area contributed by atoms with Crippen LogP contribution in [0.4, 0.5) is 11.5 Å². The van der Waals surface area contributed by atoms with Crippen molar-refractivity contribution in [3.05, 3.63) is 124 Å². The quantitative estimate of drug-likeness (QED) is 0.266. The molecule has 2 aliphatic rings. The van der Waals surface area contributed by atoms with Gasteiger partial charge in [-0.25, -0.2) is 4.68 Å². The van der Waals surface area contributed by atoms with Crippen molar-refractivity contribution in [2.24, 2.45) is 0 Å². The number of nitriles is 1. The molecule has 0 aliphatic carbocycles.